The first-order chi connectivity index (χ1) is 10.2. The second-order valence-corrected chi connectivity index (χ2v) is 5.99. The molecule has 1 aromatic rings. The Labute approximate surface area is 129 Å². The Morgan fingerprint density at radius 1 is 1.24 bits per heavy atom. The summed E-state index contributed by atoms with van der Waals surface area (Å²) in [6.07, 6.45) is 6.63. The van der Waals surface area contributed by atoms with Crippen molar-refractivity contribution in [2.45, 2.75) is 58.1 Å². The molecule has 3 nitrogen and oxygen atoms in total. The van der Waals surface area contributed by atoms with E-state index in [0.29, 0.717) is 12.0 Å². The first kappa shape index (κ1) is 16.2. The molecule has 1 aromatic carbocycles. The Balaban J connectivity index is 2.26. The normalized spacial score (nSPS) is 23.6. The predicted octanol–water partition coefficient (Wildman–Crippen LogP) is 4.32. The number of hydrogen-bond acceptors (Lipinski definition) is 3. The van der Waals surface area contributed by atoms with Crippen LogP contribution in [-0.2, 0) is 0 Å². The summed E-state index contributed by atoms with van der Waals surface area (Å²) in [4.78, 5) is 0. The zero-order chi connectivity index (χ0) is 15.2. The van der Waals surface area contributed by atoms with Crippen LogP contribution < -0.4 is 14.8 Å². The highest BCUT2D eigenvalue weighted by molar-refractivity contribution is 5.46. The largest absolute Gasteiger partial charge is 0.496 e. The second-order valence-electron chi connectivity index (χ2n) is 5.99. The minimum Gasteiger partial charge on any atom is -0.496 e. The molecule has 21 heavy (non-hydrogen) atoms. The number of benzene rings is 1. The Hall–Kier alpha value is -1.22. The van der Waals surface area contributed by atoms with E-state index < -0.39 is 0 Å². The highest BCUT2D eigenvalue weighted by Crippen LogP contribution is 2.37. The van der Waals surface area contributed by atoms with Crippen LogP contribution in [0, 0.1) is 5.92 Å². The fourth-order valence-corrected chi connectivity index (χ4v) is 3.33. The van der Waals surface area contributed by atoms with E-state index in [0.717, 1.165) is 17.1 Å². The van der Waals surface area contributed by atoms with Gasteiger partial charge >= 0.3 is 0 Å². The average molecular weight is 291 g/mol. The molecule has 1 saturated carbocycles. The van der Waals surface area contributed by atoms with Crippen LogP contribution in [0.1, 0.15) is 57.6 Å². The van der Waals surface area contributed by atoms with E-state index >= 15 is 0 Å². The molecule has 3 heteroatoms. The lowest BCUT2D eigenvalue weighted by atomic mass is 9.84. The lowest BCUT2D eigenvalue weighted by molar-refractivity contribution is 0.0886. The van der Waals surface area contributed by atoms with Gasteiger partial charge in [-0.15, -0.1) is 0 Å². The van der Waals surface area contributed by atoms with Gasteiger partial charge < -0.3 is 14.8 Å². The third-order valence-electron chi connectivity index (χ3n) is 4.75. The van der Waals surface area contributed by atoms with Crippen molar-refractivity contribution in [1.29, 1.82) is 0 Å². The van der Waals surface area contributed by atoms with E-state index in [4.69, 9.17) is 9.47 Å². The van der Waals surface area contributed by atoms with Crippen LogP contribution in [0.5, 0.6) is 11.5 Å². The molecule has 2 rings (SSSR count). The van der Waals surface area contributed by atoms with Crippen molar-refractivity contribution in [2.24, 2.45) is 5.92 Å². The maximum atomic E-state index is 6.44. The number of ether oxygens (including phenoxy) is 2. The molecule has 118 valence electrons. The number of nitrogens with one attached hydrogen (secondary N) is 1. The van der Waals surface area contributed by atoms with Crippen molar-refractivity contribution in [1.82, 2.24) is 5.32 Å². The number of hydrogen-bond donors (Lipinski definition) is 1. The molecule has 1 N–H and O–H groups in total. The van der Waals surface area contributed by atoms with Crippen molar-refractivity contribution < 1.29 is 9.47 Å². The molecule has 0 saturated heterocycles. The fourth-order valence-electron chi connectivity index (χ4n) is 3.33. The summed E-state index contributed by atoms with van der Waals surface area (Å²) in [5.74, 6) is 2.56. The van der Waals surface area contributed by atoms with Crippen LogP contribution in [0.25, 0.3) is 0 Å². The molecule has 1 aliphatic carbocycles. The molecule has 1 aliphatic rings. The molecule has 3 unspecified atom stereocenters. The Morgan fingerprint density at radius 3 is 2.62 bits per heavy atom. The topological polar surface area (TPSA) is 30.5 Å². The quantitative estimate of drug-likeness (QED) is 0.846. The zero-order valence-electron chi connectivity index (χ0n) is 13.8. The molecular formula is C18H29NO2. The monoisotopic (exact) mass is 291 g/mol. The minimum atomic E-state index is 0.208. The van der Waals surface area contributed by atoms with Gasteiger partial charge in [0.05, 0.1) is 12.7 Å². The van der Waals surface area contributed by atoms with Gasteiger partial charge in [-0.05, 0) is 57.7 Å². The number of methoxy groups -OCH3 is 1. The molecule has 0 radical (unpaired) electrons. The Kier molecular flexibility index (Phi) is 5.92. The van der Waals surface area contributed by atoms with E-state index in [1.165, 1.54) is 32.1 Å². The summed E-state index contributed by atoms with van der Waals surface area (Å²) in [6.45, 7) is 4.41. The number of rotatable bonds is 6. The van der Waals surface area contributed by atoms with Crippen molar-refractivity contribution in [3.8, 4) is 11.5 Å². The van der Waals surface area contributed by atoms with Crippen LogP contribution in [-0.4, -0.2) is 20.3 Å². The van der Waals surface area contributed by atoms with E-state index in [1.54, 1.807) is 7.11 Å². The maximum Gasteiger partial charge on any atom is 0.128 e. The van der Waals surface area contributed by atoms with E-state index in [-0.39, 0.29) is 6.04 Å². The van der Waals surface area contributed by atoms with E-state index in [2.05, 4.69) is 25.2 Å². The molecule has 0 spiro atoms. The third kappa shape index (κ3) is 3.70. The third-order valence-corrected chi connectivity index (χ3v) is 4.75. The summed E-state index contributed by atoms with van der Waals surface area (Å²) in [5, 5.41) is 3.30. The van der Waals surface area contributed by atoms with Gasteiger partial charge in [0.15, 0.2) is 0 Å². The van der Waals surface area contributed by atoms with Crippen molar-refractivity contribution >= 4 is 0 Å². The maximum absolute atomic E-state index is 6.44. The first-order valence-corrected chi connectivity index (χ1v) is 8.22. The molecule has 1 fully saturated rings. The molecule has 0 amide bonds. The van der Waals surface area contributed by atoms with Crippen LogP contribution in [0.3, 0.4) is 0 Å². The average Bonchev–Trinajstić information content (AvgIpc) is 2.54. The standard InChI is InChI=1S/C18H29NO2/c1-5-14-9-6-7-10-15(14)21-17-12-8-11-16(20-4)18(17)13(2)19-3/h8,11-15,19H,5-7,9-10H2,1-4H3. The van der Waals surface area contributed by atoms with Crippen LogP contribution in [0.4, 0.5) is 0 Å². The van der Waals surface area contributed by atoms with Gasteiger partial charge in [-0.1, -0.05) is 19.4 Å². The zero-order valence-corrected chi connectivity index (χ0v) is 13.8. The van der Waals surface area contributed by atoms with Crippen molar-refractivity contribution in [3.63, 3.8) is 0 Å². The van der Waals surface area contributed by atoms with Gasteiger partial charge in [-0.25, -0.2) is 0 Å². The summed E-state index contributed by atoms with van der Waals surface area (Å²) in [6, 6.07) is 6.31. The van der Waals surface area contributed by atoms with Crippen LogP contribution in [0.15, 0.2) is 18.2 Å². The highest BCUT2D eigenvalue weighted by Gasteiger charge is 2.27. The summed E-state index contributed by atoms with van der Waals surface area (Å²) < 4.78 is 12.0. The highest BCUT2D eigenvalue weighted by atomic mass is 16.5. The van der Waals surface area contributed by atoms with Crippen molar-refractivity contribution in [2.75, 3.05) is 14.2 Å². The molecule has 0 heterocycles. The lowest BCUT2D eigenvalue weighted by Crippen LogP contribution is -2.30. The molecule has 0 bridgehead atoms. The smallest absolute Gasteiger partial charge is 0.128 e. The van der Waals surface area contributed by atoms with Gasteiger partial charge in [0, 0.05) is 6.04 Å². The van der Waals surface area contributed by atoms with Gasteiger partial charge in [-0.2, -0.15) is 0 Å². The van der Waals surface area contributed by atoms with Crippen molar-refractivity contribution in [3.05, 3.63) is 23.8 Å². The van der Waals surface area contributed by atoms with Crippen LogP contribution >= 0.6 is 0 Å². The molecule has 3 atom stereocenters. The molecular weight excluding hydrogens is 262 g/mol. The second kappa shape index (κ2) is 7.69. The van der Waals surface area contributed by atoms with E-state index in [9.17, 15) is 0 Å². The Bertz CT molecular complexity index is 447. The van der Waals surface area contributed by atoms with Crippen LogP contribution in [0.2, 0.25) is 0 Å². The van der Waals surface area contributed by atoms with Gasteiger partial charge in [-0.3, -0.25) is 0 Å². The molecule has 0 aliphatic heterocycles. The predicted molar refractivity (Wildman–Crippen MR) is 87.1 cm³/mol. The van der Waals surface area contributed by atoms with Gasteiger partial charge in [0.25, 0.3) is 0 Å². The van der Waals surface area contributed by atoms with E-state index in [1.807, 2.05) is 19.2 Å². The molecule has 0 aromatic heterocycles. The lowest BCUT2D eigenvalue weighted by Gasteiger charge is -2.32. The SMILES string of the molecule is CCC1CCCCC1Oc1cccc(OC)c1C(C)NC. The summed E-state index contributed by atoms with van der Waals surface area (Å²) in [5.41, 5.74) is 1.13. The van der Waals surface area contributed by atoms with Gasteiger partial charge in [0.2, 0.25) is 0 Å². The first-order valence-electron chi connectivity index (χ1n) is 8.22. The fraction of sp³-hybridized carbons (Fsp3) is 0.667. The van der Waals surface area contributed by atoms with Gasteiger partial charge in [0.1, 0.15) is 17.6 Å². The summed E-state index contributed by atoms with van der Waals surface area (Å²) >= 11 is 0. The summed E-state index contributed by atoms with van der Waals surface area (Å²) in [7, 11) is 3.69. The minimum absolute atomic E-state index is 0.208. The Morgan fingerprint density at radius 2 is 1.95 bits per heavy atom.